The topological polar surface area (TPSA) is 60.9 Å². The van der Waals surface area contributed by atoms with E-state index in [1.54, 1.807) is 28.4 Å². The molecule has 0 saturated carbocycles. The lowest BCUT2D eigenvalue weighted by Crippen LogP contribution is -2.01. The predicted molar refractivity (Wildman–Crippen MR) is 105 cm³/mol. The normalized spacial score (nSPS) is 13.4. The monoisotopic (exact) mass is 394 g/mol. The van der Waals surface area contributed by atoms with Gasteiger partial charge in [0.1, 0.15) is 5.82 Å². The van der Waals surface area contributed by atoms with Crippen molar-refractivity contribution in [1.82, 2.24) is 29.4 Å². The van der Waals surface area contributed by atoms with Crippen molar-refractivity contribution in [2.75, 3.05) is 0 Å². The average molecular weight is 394 g/mol. The van der Waals surface area contributed by atoms with Crippen LogP contribution in [0.5, 0.6) is 0 Å². The SMILES string of the molecule is Cc1cc(C)n2nc(SCc3nn(-c4ccc(F)cc4)c4c3CCC4)nc2n1. The third-order valence-corrected chi connectivity index (χ3v) is 5.87. The summed E-state index contributed by atoms with van der Waals surface area (Å²) in [6, 6.07) is 8.50. The minimum Gasteiger partial charge on any atom is -0.237 e. The molecule has 0 fully saturated rings. The van der Waals surface area contributed by atoms with E-state index < -0.39 is 0 Å². The summed E-state index contributed by atoms with van der Waals surface area (Å²) in [6.07, 6.45) is 3.16. The lowest BCUT2D eigenvalue weighted by Gasteiger charge is -2.05. The van der Waals surface area contributed by atoms with E-state index in [1.807, 2.05) is 24.6 Å². The second-order valence-corrected chi connectivity index (χ2v) is 7.99. The minimum atomic E-state index is -0.236. The summed E-state index contributed by atoms with van der Waals surface area (Å²) in [7, 11) is 0. The van der Waals surface area contributed by atoms with Gasteiger partial charge in [0.25, 0.3) is 5.78 Å². The quantitative estimate of drug-likeness (QED) is 0.492. The van der Waals surface area contributed by atoms with Crippen LogP contribution in [0.25, 0.3) is 11.5 Å². The van der Waals surface area contributed by atoms with E-state index in [2.05, 4.69) is 15.1 Å². The maximum Gasteiger partial charge on any atom is 0.253 e. The number of hydrogen-bond acceptors (Lipinski definition) is 5. The van der Waals surface area contributed by atoms with Crippen LogP contribution in [0.2, 0.25) is 0 Å². The van der Waals surface area contributed by atoms with Gasteiger partial charge in [0.05, 0.1) is 11.4 Å². The number of aryl methyl sites for hydroxylation is 2. The molecule has 6 nitrogen and oxygen atoms in total. The maximum atomic E-state index is 13.3. The van der Waals surface area contributed by atoms with Crippen LogP contribution in [0.4, 0.5) is 4.39 Å². The molecule has 0 spiro atoms. The Bertz CT molecular complexity index is 1180. The number of benzene rings is 1. The zero-order valence-corrected chi connectivity index (χ0v) is 16.5. The van der Waals surface area contributed by atoms with E-state index in [1.165, 1.54) is 23.4 Å². The first-order chi connectivity index (χ1) is 13.6. The summed E-state index contributed by atoms with van der Waals surface area (Å²) in [5.74, 6) is 1.09. The van der Waals surface area contributed by atoms with Gasteiger partial charge >= 0.3 is 0 Å². The van der Waals surface area contributed by atoms with Crippen molar-refractivity contribution in [3.8, 4) is 5.69 Å². The largest absolute Gasteiger partial charge is 0.253 e. The lowest BCUT2D eigenvalue weighted by molar-refractivity contribution is 0.626. The van der Waals surface area contributed by atoms with Crippen molar-refractivity contribution >= 4 is 17.5 Å². The highest BCUT2D eigenvalue weighted by Gasteiger charge is 2.23. The first-order valence-electron chi connectivity index (χ1n) is 9.28. The second-order valence-electron chi connectivity index (χ2n) is 7.05. The number of rotatable bonds is 4. The summed E-state index contributed by atoms with van der Waals surface area (Å²) in [4.78, 5) is 8.99. The van der Waals surface area contributed by atoms with Crippen molar-refractivity contribution in [1.29, 1.82) is 0 Å². The van der Waals surface area contributed by atoms with Gasteiger partial charge in [-0.05, 0) is 69.0 Å². The molecular formula is C20H19FN6S. The molecule has 4 aromatic rings. The lowest BCUT2D eigenvalue weighted by atomic mass is 10.2. The van der Waals surface area contributed by atoms with Crippen LogP contribution in [-0.4, -0.2) is 29.4 Å². The molecule has 5 rings (SSSR count). The molecule has 0 unspecified atom stereocenters. The summed E-state index contributed by atoms with van der Waals surface area (Å²) in [5.41, 5.74) is 6.45. The number of aromatic nitrogens is 6. The Morgan fingerprint density at radius 3 is 2.71 bits per heavy atom. The van der Waals surface area contributed by atoms with Crippen molar-refractivity contribution in [3.05, 3.63) is 64.5 Å². The maximum absolute atomic E-state index is 13.3. The van der Waals surface area contributed by atoms with Crippen LogP contribution in [0.1, 0.15) is 34.8 Å². The minimum absolute atomic E-state index is 0.236. The highest BCUT2D eigenvalue weighted by Crippen LogP contribution is 2.31. The molecule has 3 heterocycles. The molecular weight excluding hydrogens is 375 g/mol. The number of thioether (sulfide) groups is 1. The molecule has 0 bridgehead atoms. The molecule has 28 heavy (non-hydrogen) atoms. The van der Waals surface area contributed by atoms with E-state index >= 15 is 0 Å². The Hall–Kier alpha value is -2.74. The highest BCUT2D eigenvalue weighted by molar-refractivity contribution is 7.98. The Morgan fingerprint density at radius 2 is 1.89 bits per heavy atom. The fraction of sp³-hybridized carbons (Fsp3) is 0.300. The number of fused-ring (bicyclic) bond motifs is 2. The molecule has 1 aliphatic carbocycles. The molecule has 8 heteroatoms. The van der Waals surface area contributed by atoms with E-state index in [-0.39, 0.29) is 5.82 Å². The molecule has 0 N–H and O–H groups in total. The van der Waals surface area contributed by atoms with Gasteiger partial charge in [-0.3, -0.25) is 0 Å². The third-order valence-electron chi connectivity index (χ3n) is 5.02. The van der Waals surface area contributed by atoms with Gasteiger partial charge < -0.3 is 0 Å². The molecule has 3 aromatic heterocycles. The van der Waals surface area contributed by atoms with E-state index in [4.69, 9.17) is 5.10 Å². The fourth-order valence-electron chi connectivity index (χ4n) is 3.77. The molecule has 0 amide bonds. The van der Waals surface area contributed by atoms with Crippen molar-refractivity contribution in [3.63, 3.8) is 0 Å². The Labute approximate surface area is 165 Å². The summed E-state index contributed by atoms with van der Waals surface area (Å²) in [6.45, 7) is 3.96. The predicted octanol–water partition coefficient (Wildman–Crippen LogP) is 3.85. The number of hydrogen-bond donors (Lipinski definition) is 0. The zero-order valence-electron chi connectivity index (χ0n) is 15.7. The van der Waals surface area contributed by atoms with Crippen LogP contribution in [0.3, 0.4) is 0 Å². The van der Waals surface area contributed by atoms with Crippen molar-refractivity contribution in [2.24, 2.45) is 0 Å². The van der Waals surface area contributed by atoms with Crippen LogP contribution in [-0.2, 0) is 18.6 Å². The van der Waals surface area contributed by atoms with Crippen molar-refractivity contribution in [2.45, 2.75) is 44.0 Å². The van der Waals surface area contributed by atoms with Crippen molar-refractivity contribution < 1.29 is 4.39 Å². The van der Waals surface area contributed by atoms with Crippen LogP contribution in [0.15, 0.2) is 35.5 Å². The Kier molecular flexibility index (Phi) is 4.16. The van der Waals surface area contributed by atoms with Gasteiger partial charge in [0, 0.05) is 22.8 Å². The standard InChI is InChI=1S/C20H19FN6S/c1-12-10-13(2)26-19(22-12)23-20(25-26)28-11-17-16-4-3-5-18(16)27(24-17)15-8-6-14(21)7-9-15/h6-10H,3-5,11H2,1-2H3. The Balaban J connectivity index is 1.44. The first kappa shape index (κ1) is 17.4. The highest BCUT2D eigenvalue weighted by atomic mass is 32.2. The van der Waals surface area contributed by atoms with E-state index in [0.717, 1.165) is 42.0 Å². The van der Waals surface area contributed by atoms with E-state index in [0.29, 0.717) is 16.7 Å². The molecule has 0 aliphatic heterocycles. The van der Waals surface area contributed by atoms with Crippen LogP contribution in [0, 0.1) is 19.7 Å². The number of nitrogens with zero attached hydrogens (tertiary/aromatic N) is 6. The van der Waals surface area contributed by atoms with Crippen LogP contribution < -0.4 is 0 Å². The van der Waals surface area contributed by atoms with E-state index in [9.17, 15) is 4.39 Å². The molecule has 1 aromatic carbocycles. The molecule has 142 valence electrons. The van der Waals surface area contributed by atoms with Gasteiger partial charge in [-0.25, -0.2) is 18.6 Å². The van der Waals surface area contributed by atoms with Gasteiger partial charge in [-0.1, -0.05) is 11.8 Å². The Morgan fingerprint density at radius 1 is 1.07 bits per heavy atom. The van der Waals surface area contributed by atoms with Gasteiger partial charge in [0.15, 0.2) is 0 Å². The fourth-order valence-corrected chi connectivity index (χ4v) is 4.55. The van der Waals surface area contributed by atoms with Gasteiger partial charge in [-0.2, -0.15) is 10.1 Å². The summed E-state index contributed by atoms with van der Waals surface area (Å²) < 4.78 is 17.0. The third kappa shape index (κ3) is 2.97. The van der Waals surface area contributed by atoms with Gasteiger partial charge in [0.2, 0.25) is 5.16 Å². The summed E-state index contributed by atoms with van der Waals surface area (Å²) >= 11 is 1.57. The molecule has 0 radical (unpaired) electrons. The molecule has 0 saturated heterocycles. The van der Waals surface area contributed by atoms with Crippen LogP contribution >= 0.6 is 11.8 Å². The molecule has 1 aliphatic rings. The molecule has 0 atom stereocenters. The van der Waals surface area contributed by atoms with Gasteiger partial charge in [-0.15, -0.1) is 5.10 Å². The average Bonchev–Trinajstić information content (AvgIpc) is 3.36. The summed E-state index contributed by atoms with van der Waals surface area (Å²) in [5, 5.41) is 10.1. The number of halogens is 1. The zero-order chi connectivity index (χ0) is 19.3. The smallest absolute Gasteiger partial charge is 0.237 e. The second kappa shape index (κ2) is 6.70. The first-order valence-corrected chi connectivity index (χ1v) is 10.3.